The molecule has 1 aliphatic rings. The van der Waals surface area contributed by atoms with Crippen LogP contribution < -0.4 is 10.2 Å². The molecule has 0 saturated carbocycles. The van der Waals surface area contributed by atoms with E-state index >= 15 is 0 Å². The van der Waals surface area contributed by atoms with Gasteiger partial charge in [-0.3, -0.25) is 0 Å². The van der Waals surface area contributed by atoms with Crippen molar-refractivity contribution >= 4 is 28.0 Å². The van der Waals surface area contributed by atoms with E-state index in [0.717, 1.165) is 37.0 Å². The first-order valence-electron chi connectivity index (χ1n) is 9.40. The molecule has 4 nitrogen and oxygen atoms in total. The summed E-state index contributed by atoms with van der Waals surface area (Å²) in [5.41, 5.74) is -1.27. The minimum atomic E-state index is -4.81. The second-order valence-electron chi connectivity index (χ2n) is 7.05. The van der Waals surface area contributed by atoms with E-state index in [0.29, 0.717) is 25.0 Å². The highest BCUT2D eigenvalue weighted by molar-refractivity contribution is 5.93. The van der Waals surface area contributed by atoms with Crippen LogP contribution in [0.15, 0.2) is 48.5 Å². The van der Waals surface area contributed by atoms with Gasteiger partial charge >= 0.3 is 12.4 Å². The summed E-state index contributed by atoms with van der Waals surface area (Å²) in [4.78, 5) is 5.54. The van der Waals surface area contributed by atoms with E-state index in [1.807, 2.05) is 12.1 Å². The summed E-state index contributed by atoms with van der Waals surface area (Å²) in [6, 6.07) is 10.4. The van der Waals surface area contributed by atoms with E-state index in [4.69, 9.17) is 4.74 Å². The van der Waals surface area contributed by atoms with Gasteiger partial charge in [0, 0.05) is 29.9 Å². The van der Waals surface area contributed by atoms with Gasteiger partial charge in [-0.1, -0.05) is 6.07 Å². The maximum absolute atomic E-state index is 13.3. The predicted molar refractivity (Wildman–Crippen MR) is 105 cm³/mol. The number of morpholine rings is 1. The predicted octanol–water partition coefficient (Wildman–Crippen LogP) is 5.85. The minimum Gasteiger partial charge on any atom is -0.378 e. The molecule has 0 radical (unpaired) electrons. The third-order valence-corrected chi connectivity index (χ3v) is 4.95. The normalized spacial score (nSPS) is 15.4. The van der Waals surface area contributed by atoms with Gasteiger partial charge in [0.05, 0.1) is 30.0 Å². The first-order chi connectivity index (χ1) is 14.6. The number of alkyl halides is 6. The molecule has 10 heteroatoms. The molecule has 1 saturated heterocycles. The monoisotopic (exact) mass is 441 g/mol. The summed E-state index contributed by atoms with van der Waals surface area (Å²) in [7, 11) is 0. The molecule has 2 aromatic carbocycles. The molecule has 0 atom stereocenters. The third kappa shape index (κ3) is 4.68. The number of halogens is 6. The number of nitrogens with zero attached hydrogens (tertiary/aromatic N) is 2. The maximum atomic E-state index is 13.3. The van der Waals surface area contributed by atoms with Crippen LogP contribution in [0.2, 0.25) is 0 Å². The number of rotatable bonds is 3. The molecule has 0 spiro atoms. The Kier molecular flexibility index (Phi) is 5.42. The number of pyridine rings is 1. The fourth-order valence-corrected chi connectivity index (χ4v) is 3.39. The lowest BCUT2D eigenvalue weighted by Crippen LogP contribution is -2.36. The van der Waals surface area contributed by atoms with Crippen molar-refractivity contribution in [2.24, 2.45) is 0 Å². The first kappa shape index (κ1) is 21.2. The Morgan fingerprint density at radius 1 is 0.839 bits per heavy atom. The Morgan fingerprint density at radius 2 is 1.52 bits per heavy atom. The molecular formula is C21H17F6N3O. The van der Waals surface area contributed by atoms with Crippen LogP contribution in [0.25, 0.3) is 10.9 Å². The molecule has 164 valence electrons. The van der Waals surface area contributed by atoms with Crippen LogP contribution >= 0.6 is 0 Å². The van der Waals surface area contributed by atoms with Crippen LogP contribution in [0, 0.1) is 0 Å². The molecule has 0 unspecified atom stereocenters. The molecule has 2 heterocycles. The zero-order chi connectivity index (χ0) is 22.2. The van der Waals surface area contributed by atoms with Gasteiger partial charge in [0.25, 0.3) is 0 Å². The van der Waals surface area contributed by atoms with Crippen LogP contribution in [0.3, 0.4) is 0 Å². The van der Waals surface area contributed by atoms with E-state index < -0.39 is 29.1 Å². The van der Waals surface area contributed by atoms with Crippen molar-refractivity contribution in [2.75, 3.05) is 36.5 Å². The fourth-order valence-electron chi connectivity index (χ4n) is 3.39. The molecular weight excluding hydrogens is 424 g/mol. The SMILES string of the molecule is FC(F)(F)c1ccc2c(Nc3ccc(N4CCOCC4)cc3)cc(C(F)(F)F)nc2c1. The maximum Gasteiger partial charge on any atom is 0.433 e. The molecule has 0 aliphatic carbocycles. The average Bonchev–Trinajstić information content (AvgIpc) is 2.73. The Morgan fingerprint density at radius 3 is 2.13 bits per heavy atom. The van der Waals surface area contributed by atoms with E-state index in [2.05, 4.69) is 15.2 Å². The molecule has 1 aliphatic heterocycles. The number of benzene rings is 2. The average molecular weight is 441 g/mol. The Hall–Kier alpha value is -3.01. The van der Waals surface area contributed by atoms with Gasteiger partial charge in [0.2, 0.25) is 0 Å². The van der Waals surface area contributed by atoms with Crippen LogP contribution in [-0.4, -0.2) is 31.3 Å². The summed E-state index contributed by atoms with van der Waals surface area (Å²) in [6.45, 7) is 2.70. The van der Waals surface area contributed by atoms with Crippen molar-refractivity contribution in [3.8, 4) is 0 Å². The number of aromatic nitrogens is 1. The van der Waals surface area contributed by atoms with E-state index in [-0.39, 0.29) is 11.1 Å². The van der Waals surface area contributed by atoms with E-state index in [1.165, 1.54) is 0 Å². The van der Waals surface area contributed by atoms with Crippen molar-refractivity contribution < 1.29 is 31.1 Å². The number of hydrogen-bond acceptors (Lipinski definition) is 4. The third-order valence-electron chi connectivity index (χ3n) is 4.95. The Bertz CT molecular complexity index is 1070. The first-order valence-corrected chi connectivity index (χ1v) is 9.40. The van der Waals surface area contributed by atoms with Gasteiger partial charge in [-0.2, -0.15) is 26.3 Å². The number of nitrogens with one attached hydrogen (secondary N) is 1. The van der Waals surface area contributed by atoms with Crippen LogP contribution in [0.5, 0.6) is 0 Å². The smallest absolute Gasteiger partial charge is 0.378 e. The summed E-state index contributed by atoms with van der Waals surface area (Å²) in [6.07, 6.45) is -9.49. The second-order valence-corrected chi connectivity index (χ2v) is 7.05. The lowest BCUT2D eigenvalue weighted by atomic mass is 10.1. The number of hydrogen-bond donors (Lipinski definition) is 1. The lowest BCUT2D eigenvalue weighted by molar-refractivity contribution is -0.140. The number of anilines is 3. The van der Waals surface area contributed by atoms with Crippen molar-refractivity contribution in [3.63, 3.8) is 0 Å². The lowest BCUT2D eigenvalue weighted by Gasteiger charge is -2.29. The van der Waals surface area contributed by atoms with Crippen molar-refractivity contribution in [1.82, 2.24) is 4.98 Å². The highest BCUT2D eigenvalue weighted by Gasteiger charge is 2.35. The van der Waals surface area contributed by atoms with Crippen LogP contribution in [0.4, 0.5) is 43.4 Å². The standard InChI is InChI=1S/C21H17F6N3O/c22-20(23,24)13-1-6-16-17(11-13)29-19(21(25,26)27)12-18(16)28-14-2-4-15(5-3-14)30-7-9-31-10-8-30/h1-6,11-12H,7-10H2,(H,28,29). The van der Waals surface area contributed by atoms with Gasteiger partial charge in [0.15, 0.2) is 0 Å². The van der Waals surface area contributed by atoms with E-state index in [1.54, 1.807) is 12.1 Å². The summed E-state index contributed by atoms with van der Waals surface area (Å²) in [5, 5.41) is 3.03. The fraction of sp³-hybridized carbons (Fsp3) is 0.286. The molecule has 3 aromatic rings. The van der Waals surface area contributed by atoms with Crippen molar-refractivity contribution in [1.29, 1.82) is 0 Å². The van der Waals surface area contributed by atoms with Gasteiger partial charge in [-0.25, -0.2) is 4.98 Å². The molecule has 31 heavy (non-hydrogen) atoms. The zero-order valence-electron chi connectivity index (χ0n) is 16.0. The molecule has 1 N–H and O–H groups in total. The minimum absolute atomic E-state index is 0.0187. The van der Waals surface area contributed by atoms with Crippen LogP contribution in [-0.2, 0) is 17.1 Å². The van der Waals surface area contributed by atoms with Gasteiger partial charge in [0.1, 0.15) is 5.69 Å². The van der Waals surface area contributed by atoms with Crippen molar-refractivity contribution in [3.05, 3.63) is 59.8 Å². The highest BCUT2D eigenvalue weighted by Crippen LogP contribution is 2.37. The van der Waals surface area contributed by atoms with Crippen molar-refractivity contribution in [2.45, 2.75) is 12.4 Å². The molecule has 1 aromatic heterocycles. The molecule has 4 rings (SSSR count). The van der Waals surface area contributed by atoms with E-state index in [9.17, 15) is 26.3 Å². The quantitative estimate of drug-likeness (QED) is 0.518. The molecule has 0 bridgehead atoms. The largest absolute Gasteiger partial charge is 0.433 e. The highest BCUT2D eigenvalue weighted by atomic mass is 19.4. The summed E-state index contributed by atoms with van der Waals surface area (Å²) < 4.78 is 84.2. The van der Waals surface area contributed by atoms with Gasteiger partial charge in [-0.15, -0.1) is 0 Å². The summed E-state index contributed by atoms with van der Waals surface area (Å²) in [5.74, 6) is 0. The number of ether oxygens (including phenoxy) is 1. The van der Waals surface area contributed by atoms with Gasteiger partial charge in [-0.05, 0) is 42.5 Å². The zero-order valence-corrected chi connectivity index (χ0v) is 16.0. The van der Waals surface area contributed by atoms with Gasteiger partial charge < -0.3 is 15.0 Å². The second kappa shape index (κ2) is 7.92. The van der Waals surface area contributed by atoms with Crippen LogP contribution in [0.1, 0.15) is 11.3 Å². The molecule has 1 fully saturated rings. The Balaban J connectivity index is 1.70. The summed E-state index contributed by atoms with van der Waals surface area (Å²) >= 11 is 0. The topological polar surface area (TPSA) is 37.4 Å². The molecule has 0 amide bonds. The Labute approximate surface area is 173 Å². The number of fused-ring (bicyclic) bond motifs is 1.